The maximum atomic E-state index is 11.2. The molecule has 15 heavy (non-hydrogen) atoms. The summed E-state index contributed by atoms with van der Waals surface area (Å²) in [4.78, 5) is 13.5. The van der Waals surface area contributed by atoms with E-state index >= 15 is 0 Å². The van der Waals surface area contributed by atoms with Crippen molar-refractivity contribution in [3.63, 3.8) is 0 Å². The number of amides is 1. The number of hydrogen-bond donors (Lipinski definition) is 1. The number of hydrogen-bond acceptors (Lipinski definition) is 2. The van der Waals surface area contributed by atoms with Gasteiger partial charge < -0.3 is 5.73 Å². The maximum absolute atomic E-state index is 11.2. The Balaban J connectivity index is 2.45. The van der Waals surface area contributed by atoms with Gasteiger partial charge in [0, 0.05) is 0 Å². The molecule has 0 radical (unpaired) electrons. The van der Waals surface area contributed by atoms with Crippen LogP contribution in [-0.4, -0.2) is 29.9 Å². The van der Waals surface area contributed by atoms with E-state index < -0.39 is 0 Å². The molecule has 0 aromatic rings. The van der Waals surface area contributed by atoms with Gasteiger partial charge in [-0.1, -0.05) is 20.8 Å². The van der Waals surface area contributed by atoms with E-state index in [9.17, 15) is 4.79 Å². The highest BCUT2D eigenvalue weighted by Crippen LogP contribution is 2.25. The van der Waals surface area contributed by atoms with Crippen molar-refractivity contribution in [2.45, 2.75) is 46.1 Å². The van der Waals surface area contributed by atoms with Gasteiger partial charge in [0.25, 0.3) is 0 Å². The van der Waals surface area contributed by atoms with Crippen LogP contribution in [0.1, 0.15) is 40.0 Å². The quantitative estimate of drug-likeness (QED) is 0.769. The Labute approximate surface area is 93.0 Å². The fourth-order valence-corrected chi connectivity index (χ4v) is 2.54. The minimum absolute atomic E-state index is 0.0434. The van der Waals surface area contributed by atoms with Crippen LogP contribution in [0.2, 0.25) is 0 Å². The number of rotatable bonds is 4. The molecule has 0 aromatic heterocycles. The van der Waals surface area contributed by atoms with Gasteiger partial charge >= 0.3 is 0 Å². The molecule has 1 fully saturated rings. The number of primary amides is 1. The number of nitrogens with two attached hydrogens (primary N) is 1. The van der Waals surface area contributed by atoms with Gasteiger partial charge in [0.15, 0.2) is 0 Å². The van der Waals surface area contributed by atoms with Crippen LogP contribution in [0.15, 0.2) is 0 Å². The molecular weight excluding hydrogens is 188 g/mol. The number of piperidine rings is 1. The number of carbonyl (C=O) groups excluding carboxylic acids is 1. The van der Waals surface area contributed by atoms with Crippen molar-refractivity contribution in [1.82, 2.24) is 4.90 Å². The largest absolute Gasteiger partial charge is 0.368 e. The predicted octanol–water partition coefficient (Wildman–Crippen LogP) is 1.62. The molecule has 1 heterocycles. The number of nitrogens with zero attached hydrogens (tertiary/aromatic N) is 1. The van der Waals surface area contributed by atoms with Crippen molar-refractivity contribution in [1.29, 1.82) is 0 Å². The summed E-state index contributed by atoms with van der Waals surface area (Å²) < 4.78 is 0. The molecule has 2 N–H and O–H groups in total. The summed E-state index contributed by atoms with van der Waals surface area (Å²) >= 11 is 0. The second-order valence-corrected chi connectivity index (χ2v) is 4.94. The maximum Gasteiger partial charge on any atom is 0.234 e. The molecule has 1 aliphatic heterocycles. The topological polar surface area (TPSA) is 46.3 Å². The van der Waals surface area contributed by atoms with Crippen LogP contribution in [0.3, 0.4) is 0 Å². The summed E-state index contributed by atoms with van der Waals surface area (Å²) in [5.41, 5.74) is 5.39. The average Bonchev–Trinajstić information content (AvgIpc) is 2.19. The zero-order valence-corrected chi connectivity index (χ0v) is 10.2. The van der Waals surface area contributed by atoms with Crippen LogP contribution in [0, 0.1) is 11.8 Å². The van der Waals surface area contributed by atoms with E-state index in [1.807, 2.05) is 6.92 Å². The third kappa shape index (κ3) is 3.20. The summed E-state index contributed by atoms with van der Waals surface area (Å²) in [6.45, 7) is 8.66. The van der Waals surface area contributed by atoms with E-state index in [0.29, 0.717) is 0 Å². The standard InChI is InChI=1S/C12H24N2O/c1-4-11(12(13)15)14-7-5-10(6-8-14)9(2)3/h9-11H,4-8H2,1-3H3,(H2,13,15). The summed E-state index contributed by atoms with van der Waals surface area (Å²) in [5.74, 6) is 1.42. The smallest absolute Gasteiger partial charge is 0.234 e. The lowest BCUT2D eigenvalue weighted by atomic mass is 9.86. The molecule has 3 heteroatoms. The number of carbonyl (C=O) groups is 1. The Morgan fingerprint density at radius 2 is 1.93 bits per heavy atom. The molecule has 0 bridgehead atoms. The molecule has 88 valence electrons. The Hall–Kier alpha value is -0.570. The zero-order valence-electron chi connectivity index (χ0n) is 10.2. The van der Waals surface area contributed by atoms with Crippen LogP contribution in [0.5, 0.6) is 0 Å². The van der Waals surface area contributed by atoms with Gasteiger partial charge in [0.1, 0.15) is 0 Å². The van der Waals surface area contributed by atoms with Crippen molar-refractivity contribution >= 4 is 5.91 Å². The molecule has 0 aromatic carbocycles. The molecule has 0 aliphatic carbocycles. The van der Waals surface area contributed by atoms with Crippen LogP contribution in [-0.2, 0) is 4.79 Å². The fraction of sp³-hybridized carbons (Fsp3) is 0.917. The Bertz CT molecular complexity index is 208. The van der Waals surface area contributed by atoms with E-state index in [-0.39, 0.29) is 11.9 Å². The third-order valence-electron chi connectivity index (χ3n) is 3.67. The summed E-state index contributed by atoms with van der Waals surface area (Å²) in [6.07, 6.45) is 3.25. The van der Waals surface area contributed by atoms with Gasteiger partial charge in [-0.25, -0.2) is 0 Å². The Kier molecular flexibility index (Phi) is 4.58. The number of likely N-dealkylation sites (tertiary alicyclic amines) is 1. The first-order chi connectivity index (χ1) is 7.06. The van der Waals surface area contributed by atoms with Crippen LogP contribution in [0.4, 0.5) is 0 Å². The lowest BCUT2D eigenvalue weighted by Gasteiger charge is -2.37. The molecular formula is C12H24N2O. The monoisotopic (exact) mass is 212 g/mol. The van der Waals surface area contributed by atoms with Gasteiger partial charge in [-0.15, -0.1) is 0 Å². The highest BCUT2D eigenvalue weighted by molar-refractivity contribution is 5.79. The van der Waals surface area contributed by atoms with Crippen molar-refractivity contribution in [2.75, 3.05) is 13.1 Å². The first-order valence-corrected chi connectivity index (χ1v) is 6.09. The first kappa shape index (κ1) is 12.5. The van der Waals surface area contributed by atoms with E-state index in [1.54, 1.807) is 0 Å². The molecule has 1 atom stereocenters. The SMILES string of the molecule is CCC(C(N)=O)N1CCC(C(C)C)CC1. The average molecular weight is 212 g/mol. The van der Waals surface area contributed by atoms with Crippen molar-refractivity contribution < 1.29 is 4.79 Å². The molecule has 1 saturated heterocycles. The molecule has 1 amide bonds. The predicted molar refractivity (Wildman–Crippen MR) is 62.4 cm³/mol. The van der Waals surface area contributed by atoms with Crippen LogP contribution < -0.4 is 5.73 Å². The second-order valence-electron chi connectivity index (χ2n) is 4.94. The van der Waals surface area contributed by atoms with Gasteiger partial charge in [-0.2, -0.15) is 0 Å². The second kappa shape index (κ2) is 5.50. The van der Waals surface area contributed by atoms with E-state index in [4.69, 9.17) is 5.73 Å². The first-order valence-electron chi connectivity index (χ1n) is 6.09. The summed E-state index contributed by atoms with van der Waals surface area (Å²) in [5, 5.41) is 0. The van der Waals surface area contributed by atoms with Crippen molar-refractivity contribution in [3.05, 3.63) is 0 Å². The Morgan fingerprint density at radius 1 is 1.40 bits per heavy atom. The Morgan fingerprint density at radius 3 is 2.27 bits per heavy atom. The minimum atomic E-state index is -0.166. The highest BCUT2D eigenvalue weighted by Gasteiger charge is 2.27. The van der Waals surface area contributed by atoms with Gasteiger partial charge in [-0.05, 0) is 44.2 Å². The molecule has 1 aliphatic rings. The summed E-state index contributed by atoms with van der Waals surface area (Å²) in [7, 11) is 0. The van der Waals surface area contributed by atoms with E-state index in [2.05, 4.69) is 18.7 Å². The zero-order chi connectivity index (χ0) is 11.4. The third-order valence-corrected chi connectivity index (χ3v) is 3.67. The van der Waals surface area contributed by atoms with E-state index in [1.165, 1.54) is 12.8 Å². The fourth-order valence-electron chi connectivity index (χ4n) is 2.54. The highest BCUT2D eigenvalue weighted by atomic mass is 16.1. The molecule has 0 saturated carbocycles. The normalized spacial score (nSPS) is 21.9. The molecule has 1 unspecified atom stereocenters. The molecule has 0 spiro atoms. The lowest BCUT2D eigenvalue weighted by molar-refractivity contribution is -0.124. The van der Waals surface area contributed by atoms with Gasteiger partial charge in [-0.3, -0.25) is 9.69 Å². The minimum Gasteiger partial charge on any atom is -0.368 e. The van der Waals surface area contributed by atoms with Crippen molar-refractivity contribution in [3.8, 4) is 0 Å². The van der Waals surface area contributed by atoms with Crippen LogP contribution >= 0.6 is 0 Å². The van der Waals surface area contributed by atoms with Gasteiger partial charge in [0.2, 0.25) is 5.91 Å². The lowest BCUT2D eigenvalue weighted by Crippen LogP contribution is -2.48. The van der Waals surface area contributed by atoms with E-state index in [0.717, 1.165) is 31.3 Å². The molecule has 3 nitrogen and oxygen atoms in total. The summed E-state index contributed by atoms with van der Waals surface area (Å²) in [6, 6.07) is -0.0434. The van der Waals surface area contributed by atoms with Gasteiger partial charge in [0.05, 0.1) is 6.04 Å². The van der Waals surface area contributed by atoms with Crippen molar-refractivity contribution in [2.24, 2.45) is 17.6 Å². The van der Waals surface area contributed by atoms with Crippen LogP contribution in [0.25, 0.3) is 0 Å². The molecule has 1 rings (SSSR count).